The Bertz CT molecular complexity index is 687. The lowest BCUT2D eigenvalue weighted by molar-refractivity contribution is 0.323. The van der Waals surface area contributed by atoms with Crippen molar-refractivity contribution < 1.29 is 9.47 Å². The summed E-state index contributed by atoms with van der Waals surface area (Å²) in [6.45, 7) is 7.06. The van der Waals surface area contributed by atoms with Gasteiger partial charge < -0.3 is 9.47 Å². The molecule has 0 aliphatic heterocycles. The monoisotopic (exact) mass is 332 g/mol. The van der Waals surface area contributed by atoms with Crippen LogP contribution in [0.4, 0.5) is 5.69 Å². The Labute approximate surface area is 142 Å². The predicted molar refractivity (Wildman–Crippen MR) is 96.2 cm³/mol. The van der Waals surface area contributed by atoms with Gasteiger partial charge in [-0.05, 0) is 50.6 Å². The Morgan fingerprint density at radius 3 is 2.57 bits per heavy atom. The Hall–Kier alpha value is -2.20. The number of aryl methyl sites for hydroxylation is 1. The lowest BCUT2D eigenvalue weighted by Gasteiger charge is -2.10. The van der Waals surface area contributed by atoms with E-state index in [1.807, 2.05) is 57.2 Å². The van der Waals surface area contributed by atoms with E-state index >= 15 is 0 Å². The number of hydrogen-bond donors (Lipinski definition) is 1. The van der Waals surface area contributed by atoms with Crippen LogP contribution in [0.15, 0.2) is 41.5 Å². The van der Waals surface area contributed by atoms with Crippen LogP contribution in [0.1, 0.15) is 25.0 Å². The van der Waals surface area contributed by atoms with Crippen LogP contribution in [0, 0.1) is 6.92 Å². The minimum absolute atomic E-state index is 0.581. The number of halogens is 1. The van der Waals surface area contributed by atoms with Crippen molar-refractivity contribution in [3.8, 4) is 11.5 Å². The van der Waals surface area contributed by atoms with Crippen molar-refractivity contribution in [2.24, 2.45) is 5.10 Å². The highest BCUT2D eigenvalue weighted by Gasteiger charge is 2.04. The zero-order chi connectivity index (χ0) is 16.7. The molecule has 0 unspecified atom stereocenters. The first-order valence-corrected chi connectivity index (χ1v) is 7.96. The molecule has 1 N–H and O–H groups in total. The average Bonchev–Trinajstić information content (AvgIpc) is 2.53. The van der Waals surface area contributed by atoms with Gasteiger partial charge in [0.15, 0.2) is 0 Å². The summed E-state index contributed by atoms with van der Waals surface area (Å²) in [6, 6.07) is 11.4. The highest BCUT2D eigenvalue weighted by molar-refractivity contribution is 6.31. The number of hydrazone groups is 1. The molecule has 0 amide bonds. The second-order valence-electron chi connectivity index (χ2n) is 4.90. The molecule has 0 fully saturated rings. The third-order valence-corrected chi connectivity index (χ3v) is 3.57. The standard InChI is InChI=1S/C18H21ClN2O2/c1-4-22-16-9-7-14(18(11-16)23-5-2)12-20-21-15-8-6-13(3)17(19)10-15/h6-12,21H,4-5H2,1-3H3/b20-12+. The van der Waals surface area contributed by atoms with Gasteiger partial charge in [-0.1, -0.05) is 17.7 Å². The second-order valence-corrected chi connectivity index (χ2v) is 5.31. The normalized spacial score (nSPS) is 10.8. The molecule has 0 bridgehead atoms. The van der Waals surface area contributed by atoms with Crippen LogP contribution < -0.4 is 14.9 Å². The summed E-state index contributed by atoms with van der Waals surface area (Å²) < 4.78 is 11.1. The van der Waals surface area contributed by atoms with Crippen LogP contribution >= 0.6 is 11.6 Å². The van der Waals surface area contributed by atoms with Gasteiger partial charge in [0, 0.05) is 16.7 Å². The summed E-state index contributed by atoms with van der Waals surface area (Å²) >= 11 is 6.10. The maximum atomic E-state index is 6.10. The summed E-state index contributed by atoms with van der Waals surface area (Å²) in [7, 11) is 0. The first-order valence-electron chi connectivity index (χ1n) is 7.59. The summed E-state index contributed by atoms with van der Waals surface area (Å²) in [6.07, 6.45) is 1.72. The van der Waals surface area contributed by atoms with Crippen molar-refractivity contribution in [3.63, 3.8) is 0 Å². The van der Waals surface area contributed by atoms with Gasteiger partial charge in [0.1, 0.15) is 11.5 Å². The van der Waals surface area contributed by atoms with Gasteiger partial charge >= 0.3 is 0 Å². The van der Waals surface area contributed by atoms with Gasteiger partial charge in [-0.15, -0.1) is 0 Å². The zero-order valence-corrected chi connectivity index (χ0v) is 14.4. The highest BCUT2D eigenvalue weighted by atomic mass is 35.5. The van der Waals surface area contributed by atoms with Crippen molar-refractivity contribution in [2.45, 2.75) is 20.8 Å². The Kier molecular flexibility index (Phi) is 6.29. The molecule has 0 aliphatic rings. The smallest absolute Gasteiger partial charge is 0.131 e. The molecule has 0 aliphatic carbocycles. The fourth-order valence-electron chi connectivity index (χ4n) is 2.00. The topological polar surface area (TPSA) is 42.8 Å². The summed E-state index contributed by atoms with van der Waals surface area (Å²) in [5, 5.41) is 4.96. The van der Waals surface area contributed by atoms with E-state index < -0.39 is 0 Å². The Morgan fingerprint density at radius 2 is 1.87 bits per heavy atom. The molecule has 0 saturated heterocycles. The Morgan fingerprint density at radius 1 is 1.09 bits per heavy atom. The number of nitrogens with zero attached hydrogens (tertiary/aromatic N) is 1. The fraction of sp³-hybridized carbons (Fsp3) is 0.278. The quantitative estimate of drug-likeness (QED) is 0.579. The molecule has 2 aromatic carbocycles. The zero-order valence-electron chi connectivity index (χ0n) is 13.6. The summed E-state index contributed by atoms with van der Waals surface area (Å²) in [5.41, 5.74) is 5.71. The molecule has 0 spiro atoms. The molecule has 23 heavy (non-hydrogen) atoms. The largest absolute Gasteiger partial charge is 0.494 e. The molecule has 5 heteroatoms. The van der Waals surface area contributed by atoms with Crippen molar-refractivity contribution in [1.29, 1.82) is 0 Å². The fourth-order valence-corrected chi connectivity index (χ4v) is 2.18. The van der Waals surface area contributed by atoms with Gasteiger partial charge in [-0.3, -0.25) is 5.43 Å². The van der Waals surface area contributed by atoms with Gasteiger partial charge in [-0.25, -0.2) is 0 Å². The SMILES string of the molecule is CCOc1ccc(/C=N/Nc2ccc(C)c(Cl)c2)c(OCC)c1. The van der Waals surface area contributed by atoms with Crippen LogP contribution in [0.5, 0.6) is 11.5 Å². The van der Waals surface area contributed by atoms with Crippen molar-refractivity contribution in [1.82, 2.24) is 0 Å². The molecule has 0 saturated carbocycles. The summed E-state index contributed by atoms with van der Waals surface area (Å²) in [5.74, 6) is 1.53. The van der Waals surface area contributed by atoms with E-state index in [4.69, 9.17) is 21.1 Å². The molecular formula is C18H21ClN2O2. The van der Waals surface area contributed by atoms with Crippen LogP contribution in [-0.2, 0) is 0 Å². The lowest BCUT2D eigenvalue weighted by Crippen LogP contribution is -1.99. The van der Waals surface area contributed by atoms with Crippen LogP contribution in [0.3, 0.4) is 0 Å². The van der Waals surface area contributed by atoms with E-state index in [-0.39, 0.29) is 0 Å². The molecule has 2 aromatic rings. The number of rotatable bonds is 7. The number of nitrogens with one attached hydrogen (secondary N) is 1. The first kappa shape index (κ1) is 17.2. The second kappa shape index (κ2) is 8.44. The number of anilines is 1. The molecule has 2 rings (SSSR count). The van der Waals surface area contributed by atoms with Crippen LogP contribution in [0.25, 0.3) is 0 Å². The van der Waals surface area contributed by atoms with Gasteiger partial charge in [0.25, 0.3) is 0 Å². The molecular weight excluding hydrogens is 312 g/mol. The third kappa shape index (κ3) is 4.89. The van der Waals surface area contributed by atoms with E-state index in [9.17, 15) is 0 Å². The van der Waals surface area contributed by atoms with Crippen molar-refractivity contribution >= 4 is 23.5 Å². The molecule has 0 heterocycles. The molecule has 0 radical (unpaired) electrons. The average molecular weight is 333 g/mol. The minimum Gasteiger partial charge on any atom is -0.494 e. The van der Waals surface area contributed by atoms with E-state index in [0.717, 1.165) is 28.3 Å². The van der Waals surface area contributed by atoms with E-state index in [2.05, 4.69) is 10.5 Å². The number of benzene rings is 2. The van der Waals surface area contributed by atoms with Gasteiger partial charge in [0.2, 0.25) is 0 Å². The maximum absolute atomic E-state index is 6.10. The van der Waals surface area contributed by atoms with E-state index in [1.165, 1.54) is 0 Å². The first-order chi connectivity index (χ1) is 11.1. The van der Waals surface area contributed by atoms with Crippen LogP contribution in [0.2, 0.25) is 5.02 Å². The molecule has 4 nitrogen and oxygen atoms in total. The molecule has 0 atom stereocenters. The number of hydrogen-bond acceptors (Lipinski definition) is 4. The minimum atomic E-state index is 0.581. The van der Waals surface area contributed by atoms with Crippen LogP contribution in [-0.4, -0.2) is 19.4 Å². The lowest BCUT2D eigenvalue weighted by atomic mass is 10.2. The van der Waals surface area contributed by atoms with Crippen molar-refractivity contribution in [3.05, 3.63) is 52.5 Å². The third-order valence-electron chi connectivity index (χ3n) is 3.16. The van der Waals surface area contributed by atoms with E-state index in [1.54, 1.807) is 6.21 Å². The van der Waals surface area contributed by atoms with Crippen molar-refractivity contribution in [2.75, 3.05) is 18.6 Å². The predicted octanol–water partition coefficient (Wildman–Crippen LogP) is 4.89. The van der Waals surface area contributed by atoms with E-state index in [0.29, 0.717) is 18.2 Å². The maximum Gasteiger partial charge on any atom is 0.131 e. The summed E-state index contributed by atoms with van der Waals surface area (Å²) in [4.78, 5) is 0. The Balaban J connectivity index is 2.12. The molecule has 0 aromatic heterocycles. The molecule has 122 valence electrons. The number of ether oxygens (including phenoxy) is 2. The van der Waals surface area contributed by atoms with Gasteiger partial charge in [0.05, 0.1) is 25.1 Å². The highest BCUT2D eigenvalue weighted by Crippen LogP contribution is 2.24. The van der Waals surface area contributed by atoms with Gasteiger partial charge in [-0.2, -0.15) is 5.10 Å².